The number of hydrogen-bond donors (Lipinski definition) is 0. The second kappa shape index (κ2) is 8.27. The van der Waals surface area contributed by atoms with E-state index in [1.807, 2.05) is 4.90 Å². The zero-order valence-electron chi connectivity index (χ0n) is 16.2. The molecule has 0 bridgehead atoms. The van der Waals surface area contributed by atoms with Gasteiger partial charge in [-0.1, -0.05) is 0 Å². The zero-order chi connectivity index (χ0) is 18.7. The number of hydrogen-bond acceptors (Lipinski definition) is 3. The standard InChI is InChI=1S/C22H31FN2O2/c23-19-2-4-20(5-3-19)25-12-1-9-22(21(25)26)10-14-24(15-11-22)13-6-18-7-16-27-17-8-18/h2-5,18H,1,6-17H2. The second-order valence-corrected chi connectivity index (χ2v) is 8.50. The summed E-state index contributed by atoms with van der Waals surface area (Å²) < 4.78 is 18.7. The minimum absolute atomic E-state index is 0.207. The molecule has 4 rings (SSSR count). The third-order valence-corrected chi connectivity index (χ3v) is 6.88. The van der Waals surface area contributed by atoms with Crippen molar-refractivity contribution in [1.29, 1.82) is 0 Å². The summed E-state index contributed by atoms with van der Waals surface area (Å²) in [5.41, 5.74) is 0.629. The van der Waals surface area contributed by atoms with Crippen LogP contribution >= 0.6 is 0 Å². The first-order valence-corrected chi connectivity index (χ1v) is 10.5. The third-order valence-electron chi connectivity index (χ3n) is 6.88. The molecule has 1 spiro atoms. The molecule has 1 aromatic rings. The molecule has 0 unspecified atom stereocenters. The summed E-state index contributed by atoms with van der Waals surface area (Å²) in [6, 6.07) is 6.36. The van der Waals surface area contributed by atoms with Crippen molar-refractivity contribution in [3.63, 3.8) is 0 Å². The van der Waals surface area contributed by atoms with Crippen LogP contribution in [-0.4, -0.2) is 50.2 Å². The first-order valence-electron chi connectivity index (χ1n) is 10.5. The van der Waals surface area contributed by atoms with Crippen LogP contribution in [-0.2, 0) is 9.53 Å². The fraction of sp³-hybridized carbons (Fsp3) is 0.682. The summed E-state index contributed by atoms with van der Waals surface area (Å²) in [6.45, 7) is 5.78. The molecule has 3 aliphatic rings. The van der Waals surface area contributed by atoms with Gasteiger partial charge in [0, 0.05) is 25.4 Å². The van der Waals surface area contributed by atoms with E-state index in [9.17, 15) is 9.18 Å². The molecule has 1 amide bonds. The van der Waals surface area contributed by atoms with Crippen molar-refractivity contribution in [2.45, 2.75) is 44.9 Å². The molecule has 3 saturated heterocycles. The SMILES string of the molecule is O=C1N(c2ccc(F)cc2)CCCC12CCN(CCC1CCOCC1)CC2. The number of carbonyl (C=O) groups is 1. The van der Waals surface area contributed by atoms with Gasteiger partial charge < -0.3 is 14.5 Å². The molecule has 0 atom stereocenters. The maximum absolute atomic E-state index is 13.3. The fourth-order valence-corrected chi connectivity index (χ4v) is 5.01. The van der Waals surface area contributed by atoms with Crippen molar-refractivity contribution < 1.29 is 13.9 Å². The van der Waals surface area contributed by atoms with E-state index in [4.69, 9.17) is 4.74 Å². The Morgan fingerprint density at radius 3 is 2.44 bits per heavy atom. The number of amides is 1. The van der Waals surface area contributed by atoms with Gasteiger partial charge >= 0.3 is 0 Å². The molecule has 1 aromatic carbocycles. The first-order chi connectivity index (χ1) is 13.2. The topological polar surface area (TPSA) is 32.8 Å². The summed E-state index contributed by atoms with van der Waals surface area (Å²) >= 11 is 0. The molecule has 3 fully saturated rings. The average Bonchev–Trinajstić information content (AvgIpc) is 2.71. The summed E-state index contributed by atoms with van der Waals surface area (Å²) in [7, 11) is 0. The van der Waals surface area contributed by atoms with Gasteiger partial charge in [-0.15, -0.1) is 0 Å². The van der Waals surface area contributed by atoms with Crippen LogP contribution in [0.2, 0.25) is 0 Å². The molecular weight excluding hydrogens is 343 g/mol. The summed E-state index contributed by atoms with van der Waals surface area (Å²) in [4.78, 5) is 17.7. The molecule has 148 valence electrons. The van der Waals surface area contributed by atoms with Crippen molar-refractivity contribution >= 4 is 11.6 Å². The molecule has 4 nitrogen and oxygen atoms in total. The highest BCUT2D eigenvalue weighted by Crippen LogP contribution is 2.42. The number of carbonyl (C=O) groups excluding carboxylic acids is 1. The quantitative estimate of drug-likeness (QED) is 0.802. The highest BCUT2D eigenvalue weighted by Gasteiger charge is 2.45. The van der Waals surface area contributed by atoms with E-state index in [2.05, 4.69) is 4.90 Å². The Kier molecular flexibility index (Phi) is 5.79. The Labute approximate surface area is 161 Å². The summed E-state index contributed by atoms with van der Waals surface area (Å²) in [5.74, 6) is 0.806. The molecule has 0 saturated carbocycles. The molecule has 3 heterocycles. The van der Waals surface area contributed by atoms with Gasteiger partial charge in [0.15, 0.2) is 0 Å². The third kappa shape index (κ3) is 4.19. The maximum Gasteiger partial charge on any atom is 0.233 e. The van der Waals surface area contributed by atoms with Crippen molar-refractivity contribution in [3.05, 3.63) is 30.1 Å². The predicted molar refractivity (Wildman–Crippen MR) is 104 cm³/mol. The van der Waals surface area contributed by atoms with Gasteiger partial charge in [0.2, 0.25) is 5.91 Å². The molecule has 5 heteroatoms. The van der Waals surface area contributed by atoms with E-state index in [0.29, 0.717) is 0 Å². The van der Waals surface area contributed by atoms with Crippen molar-refractivity contribution in [2.75, 3.05) is 44.3 Å². The van der Waals surface area contributed by atoms with E-state index in [-0.39, 0.29) is 17.1 Å². The lowest BCUT2D eigenvalue weighted by atomic mass is 9.71. The van der Waals surface area contributed by atoms with Crippen LogP contribution in [0.25, 0.3) is 0 Å². The smallest absolute Gasteiger partial charge is 0.233 e. The van der Waals surface area contributed by atoms with E-state index in [1.54, 1.807) is 12.1 Å². The van der Waals surface area contributed by atoms with Gasteiger partial charge in [-0.25, -0.2) is 4.39 Å². The van der Waals surface area contributed by atoms with Crippen LogP contribution in [0.3, 0.4) is 0 Å². The molecule has 0 aliphatic carbocycles. The number of ether oxygens (including phenoxy) is 1. The lowest BCUT2D eigenvalue weighted by Gasteiger charge is -2.46. The van der Waals surface area contributed by atoms with Gasteiger partial charge in [0.1, 0.15) is 5.82 Å². The van der Waals surface area contributed by atoms with Gasteiger partial charge in [-0.3, -0.25) is 4.79 Å². The van der Waals surface area contributed by atoms with E-state index in [0.717, 1.165) is 76.7 Å². The van der Waals surface area contributed by atoms with Crippen LogP contribution in [0.4, 0.5) is 10.1 Å². The Morgan fingerprint density at radius 2 is 1.74 bits per heavy atom. The van der Waals surface area contributed by atoms with Gasteiger partial charge in [-0.05, 0) is 94.8 Å². The minimum atomic E-state index is -0.254. The summed E-state index contributed by atoms with van der Waals surface area (Å²) in [6.07, 6.45) is 7.59. The average molecular weight is 375 g/mol. The Hall–Kier alpha value is -1.46. The zero-order valence-corrected chi connectivity index (χ0v) is 16.2. The number of nitrogens with zero attached hydrogens (tertiary/aromatic N) is 2. The van der Waals surface area contributed by atoms with Crippen LogP contribution in [0.15, 0.2) is 24.3 Å². The molecule has 0 aromatic heterocycles. The Bertz CT molecular complexity index is 634. The fourth-order valence-electron chi connectivity index (χ4n) is 5.01. The Balaban J connectivity index is 1.33. The second-order valence-electron chi connectivity index (χ2n) is 8.50. The van der Waals surface area contributed by atoms with E-state index in [1.165, 1.54) is 31.4 Å². The highest BCUT2D eigenvalue weighted by atomic mass is 19.1. The molecule has 27 heavy (non-hydrogen) atoms. The van der Waals surface area contributed by atoms with Crippen LogP contribution < -0.4 is 4.90 Å². The number of halogens is 1. The van der Waals surface area contributed by atoms with Gasteiger partial charge in [0.05, 0.1) is 5.41 Å². The number of anilines is 1. The van der Waals surface area contributed by atoms with Crippen molar-refractivity contribution in [2.24, 2.45) is 11.3 Å². The first kappa shape index (κ1) is 18.9. The normalized spacial score (nSPS) is 24.5. The summed E-state index contributed by atoms with van der Waals surface area (Å²) in [5, 5.41) is 0. The number of benzene rings is 1. The minimum Gasteiger partial charge on any atom is -0.381 e. The van der Waals surface area contributed by atoms with Crippen LogP contribution in [0.1, 0.15) is 44.9 Å². The van der Waals surface area contributed by atoms with Crippen LogP contribution in [0, 0.1) is 17.2 Å². The number of rotatable bonds is 4. The van der Waals surface area contributed by atoms with Gasteiger partial charge in [-0.2, -0.15) is 0 Å². The van der Waals surface area contributed by atoms with E-state index >= 15 is 0 Å². The number of likely N-dealkylation sites (tertiary alicyclic amines) is 1. The van der Waals surface area contributed by atoms with E-state index < -0.39 is 0 Å². The van der Waals surface area contributed by atoms with Crippen LogP contribution in [0.5, 0.6) is 0 Å². The maximum atomic E-state index is 13.3. The van der Waals surface area contributed by atoms with Crippen molar-refractivity contribution in [1.82, 2.24) is 4.90 Å². The van der Waals surface area contributed by atoms with Gasteiger partial charge in [0.25, 0.3) is 0 Å². The molecule has 0 N–H and O–H groups in total. The Morgan fingerprint density at radius 1 is 1.04 bits per heavy atom. The predicted octanol–water partition coefficient (Wildman–Crippen LogP) is 3.85. The molecule has 3 aliphatic heterocycles. The number of piperidine rings is 2. The molecular formula is C22H31FN2O2. The lowest BCUT2D eigenvalue weighted by molar-refractivity contribution is -0.133. The largest absolute Gasteiger partial charge is 0.381 e. The monoisotopic (exact) mass is 374 g/mol. The highest BCUT2D eigenvalue weighted by molar-refractivity contribution is 5.98. The van der Waals surface area contributed by atoms with Crippen molar-refractivity contribution in [3.8, 4) is 0 Å². The lowest BCUT2D eigenvalue weighted by Crippen LogP contribution is -2.54. The molecule has 0 radical (unpaired) electrons.